The molecule has 1 atom stereocenters. The average molecular weight is 507 g/mol. The first-order valence-corrected chi connectivity index (χ1v) is 13.7. The van der Waals surface area contributed by atoms with Crippen LogP contribution in [0.4, 0.5) is 19.0 Å². The maximum absolute atomic E-state index is 14.0. The van der Waals surface area contributed by atoms with Gasteiger partial charge in [-0.1, -0.05) is 19.1 Å². The SMILES string of the molecule is CCN1CCP(=O)(c2cc3c(N[C@H](C)c4cccc(C(F)(F)F)c4)nc(C)nc3cc2OC)CC1. The number of rotatable bonds is 6. The van der Waals surface area contributed by atoms with Crippen molar-refractivity contribution >= 4 is 29.2 Å². The molecule has 0 aliphatic carbocycles. The van der Waals surface area contributed by atoms with E-state index in [-0.39, 0.29) is 0 Å². The highest BCUT2D eigenvalue weighted by molar-refractivity contribution is 7.72. The third kappa shape index (κ3) is 5.31. The molecule has 1 aliphatic heterocycles. The van der Waals surface area contributed by atoms with Crippen LogP contribution < -0.4 is 15.4 Å². The summed E-state index contributed by atoms with van der Waals surface area (Å²) in [5.41, 5.74) is 0.407. The zero-order chi connectivity index (χ0) is 25.4. The van der Waals surface area contributed by atoms with Crippen molar-refractivity contribution in [3.05, 3.63) is 53.3 Å². The summed E-state index contributed by atoms with van der Waals surface area (Å²) in [6.07, 6.45) is -3.28. The summed E-state index contributed by atoms with van der Waals surface area (Å²) in [5, 5.41) is 4.60. The first-order chi connectivity index (χ1) is 16.5. The van der Waals surface area contributed by atoms with Gasteiger partial charge in [-0.3, -0.25) is 0 Å². The Hall–Kier alpha value is -2.64. The molecule has 0 saturated carbocycles. The standard InChI is InChI=1S/C25H30F3N4O2P/c1-5-32-9-11-35(33,12-10-32)23-14-20-21(15-22(23)34-4)30-17(3)31-24(20)29-16(2)18-7-6-8-19(13-18)25(26,27)28/h6-8,13-16H,5,9-12H2,1-4H3,(H,29,30,31)/t16-/m1/s1. The average Bonchev–Trinajstić information content (AvgIpc) is 2.83. The van der Waals surface area contributed by atoms with Crippen molar-refractivity contribution in [1.82, 2.24) is 14.9 Å². The van der Waals surface area contributed by atoms with E-state index in [1.54, 1.807) is 33.1 Å². The second-order valence-electron chi connectivity index (χ2n) is 8.92. The Balaban J connectivity index is 1.75. The lowest BCUT2D eigenvalue weighted by Gasteiger charge is -2.32. The Labute approximate surface area is 203 Å². The van der Waals surface area contributed by atoms with E-state index >= 15 is 0 Å². The normalized spacial score (nSPS) is 17.3. The Morgan fingerprint density at radius 3 is 2.51 bits per heavy atom. The van der Waals surface area contributed by atoms with Crippen LogP contribution in [-0.2, 0) is 10.7 Å². The Morgan fingerprint density at radius 1 is 1.17 bits per heavy atom. The number of nitrogens with one attached hydrogen (secondary N) is 1. The van der Waals surface area contributed by atoms with Crippen LogP contribution in [0.3, 0.4) is 0 Å². The van der Waals surface area contributed by atoms with Crippen molar-refractivity contribution in [2.24, 2.45) is 0 Å². The van der Waals surface area contributed by atoms with Crippen LogP contribution in [0, 0.1) is 6.92 Å². The van der Waals surface area contributed by atoms with Crippen LogP contribution in [0.5, 0.6) is 5.75 Å². The number of hydrogen-bond acceptors (Lipinski definition) is 6. The van der Waals surface area contributed by atoms with Crippen molar-refractivity contribution in [2.45, 2.75) is 33.0 Å². The number of fused-ring (bicyclic) bond motifs is 1. The number of alkyl halides is 3. The molecule has 0 unspecified atom stereocenters. The van der Waals surface area contributed by atoms with E-state index in [2.05, 4.69) is 27.1 Å². The second-order valence-corrected chi connectivity index (χ2v) is 12.1. The predicted molar refractivity (Wildman–Crippen MR) is 133 cm³/mol. The minimum atomic E-state index is -4.42. The Morgan fingerprint density at radius 2 is 1.89 bits per heavy atom. The predicted octanol–water partition coefficient (Wildman–Crippen LogP) is 5.46. The lowest BCUT2D eigenvalue weighted by Crippen LogP contribution is -2.37. The zero-order valence-electron chi connectivity index (χ0n) is 20.3. The third-order valence-corrected chi connectivity index (χ3v) is 9.69. The molecule has 2 heterocycles. The van der Waals surface area contributed by atoms with Gasteiger partial charge in [-0.15, -0.1) is 0 Å². The monoisotopic (exact) mass is 506 g/mol. The van der Waals surface area contributed by atoms with E-state index in [0.29, 0.717) is 51.5 Å². The molecular formula is C25H30F3N4O2P. The molecule has 6 nitrogen and oxygen atoms in total. The van der Waals surface area contributed by atoms with E-state index in [0.717, 1.165) is 31.8 Å². The van der Waals surface area contributed by atoms with E-state index in [1.807, 2.05) is 6.07 Å². The van der Waals surface area contributed by atoms with Crippen LogP contribution in [0.2, 0.25) is 0 Å². The van der Waals surface area contributed by atoms with Gasteiger partial charge in [0.1, 0.15) is 24.5 Å². The molecule has 1 aromatic heterocycles. The van der Waals surface area contributed by atoms with Crippen molar-refractivity contribution in [1.29, 1.82) is 0 Å². The molecule has 0 amide bonds. The minimum absolute atomic E-state index is 0.454. The zero-order valence-corrected chi connectivity index (χ0v) is 21.2. The number of benzene rings is 2. The molecule has 1 aliphatic rings. The molecule has 0 spiro atoms. The molecule has 1 fully saturated rings. The Bertz CT molecular complexity index is 1270. The topological polar surface area (TPSA) is 67.4 Å². The molecule has 2 aromatic carbocycles. The van der Waals surface area contributed by atoms with Gasteiger partial charge in [0.05, 0.1) is 23.5 Å². The van der Waals surface area contributed by atoms with Crippen molar-refractivity contribution < 1.29 is 22.5 Å². The van der Waals surface area contributed by atoms with Gasteiger partial charge >= 0.3 is 6.18 Å². The summed E-state index contributed by atoms with van der Waals surface area (Å²) < 4.78 is 59.3. The van der Waals surface area contributed by atoms with E-state index in [4.69, 9.17) is 4.74 Å². The fourth-order valence-electron chi connectivity index (χ4n) is 4.51. The number of ether oxygens (including phenoxy) is 1. The fourth-order valence-corrected chi connectivity index (χ4v) is 7.35. The maximum Gasteiger partial charge on any atom is 0.416 e. The molecule has 10 heteroatoms. The molecule has 4 rings (SSSR count). The first-order valence-electron chi connectivity index (χ1n) is 11.6. The van der Waals surface area contributed by atoms with Crippen LogP contribution >= 0.6 is 7.14 Å². The smallest absolute Gasteiger partial charge is 0.416 e. The minimum Gasteiger partial charge on any atom is -0.496 e. The lowest BCUT2D eigenvalue weighted by molar-refractivity contribution is -0.137. The van der Waals surface area contributed by atoms with Crippen LogP contribution in [-0.4, -0.2) is 53.9 Å². The van der Waals surface area contributed by atoms with E-state index in [1.165, 1.54) is 6.07 Å². The molecular weight excluding hydrogens is 476 g/mol. The van der Waals surface area contributed by atoms with Crippen molar-refractivity contribution in [3.63, 3.8) is 0 Å². The van der Waals surface area contributed by atoms with E-state index in [9.17, 15) is 17.7 Å². The highest BCUT2D eigenvalue weighted by Gasteiger charge is 2.34. The highest BCUT2D eigenvalue weighted by atomic mass is 31.2. The summed E-state index contributed by atoms with van der Waals surface area (Å²) >= 11 is 0. The molecule has 1 N–H and O–H groups in total. The van der Waals surface area contributed by atoms with Gasteiger partial charge in [0, 0.05) is 42.9 Å². The number of halogens is 3. The molecule has 188 valence electrons. The third-order valence-electron chi connectivity index (χ3n) is 6.62. The summed E-state index contributed by atoms with van der Waals surface area (Å²) in [5.74, 6) is 1.54. The van der Waals surface area contributed by atoms with Crippen LogP contribution in [0.25, 0.3) is 10.9 Å². The highest BCUT2D eigenvalue weighted by Crippen LogP contribution is 2.49. The first kappa shape index (κ1) is 25.5. The van der Waals surface area contributed by atoms with Gasteiger partial charge in [0.2, 0.25) is 0 Å². The number of anilines is 1. The molecule has 3 aromatic rings. The number of aryl methyl sites for hydroxylation is 1. The van der Waals surface area contributed by atoms with Gasteiger partial charge in [-0.25, -0.2) is 9.97 Å². The maximum atomic E-state index is 14.0. The van der Waals surface area contributed by atoms with Gasteiger partial charge in [-0.2, -0.15) is 13.2 Å². The summed E-state index contributed by atoms with van der Waals surface area (Å²) in [7, 11) is -1.14. The molecule has 0 radical (unpaired) electrons. The quantitative estimate of drug-likeness (QED) is 0.448. The number of methoxy groups -OCH3 is 1. The second kappa shape index (κ2) is 9.78. The molecule has 35 heavy (non-hydrogen) atoms. The number of aromatic nitrogens is 2. The molecule has 0 bridgehead atoms. The number of hydrogen-bond donors (Lipinski definition) is 1. The summed E-state index contributed by atoms with van der Waals surface area (Å²) in [6.45, 7) is 8.07. The fraction of sp³-hybridized carbons (Fsp3) is 0.440. The van der Waals surface area contributed by atoms with Crippen LogP contribution in [0.15, 0.2) is 36.4 Å². The van der Waals surface area contributed by atoms with Crippen molar-refractivity contribution in [2.75, 3.05) is 44.4 Å². The van der Waals surface area contributed by atoms with Crippen molar-refractivity contribution in [3.8, 4) is 5.75 Å². The number of nitrogens with zero attached hydrogens (tertiary/aromatic N) is 3. The largest absolute Gasteiger partial charge is 0.496 e. The van der Waals surface area contributed by atoms with Crippen LogP contribution in [0.1, 0.15) is 36.8 Å². The van der Waals surface area contributed by atoms with Gasteiger partial charge < -0.3 is 19.5 Å². The van der Waals surface area contributed by atoms with Gasteiger partial charge in [0.15, 0.2) is 0 Å². The van der Waals surface area contributed by atoms with E-state index < -0.39 is 24.9 Å². The summed E-state index contributed by atoms with van der Waals surface area (Å²) in [6, 6.07) is 8.42. The summed E-state index contributed by atoms with van der Waals surface area (Å²) in [4.78, 5) is 11.4. The van der Waals surface area contributed by atoms with Gasteiger partial charge in [0.25, 0.3) is 0 Å². The van der Waals surface area contributed by atoms with Gasteiger partial charge in [-0.05, 0) is 44.2 Å². The Kier molecular flexibility index (Phi) is 7.11. The lowest BCUT2D eigenvalue weighted by atomic mass is 10.0. The molecule has 1 saturated heterocycles.